The highest BCUT2D eigenvalue weighted by Gasteiger charge is 2.08. The van der Waals surface area contributed by atoms with Gasteiger partial charge in [0.1, 0.15) is 5.75 Å². The molecule has 1 heterocycles. The van der Waals surface area contributed by atoms with Crippen molar-refractivity contribution in [2.45, 2.75) is 0 Å². The second kappa shape index (κ2) is 3.63. The van der Waals surface area contributed by atoms with E-state index in [2.05, 4.69) is 42.5 Å². The van der Waals surface area contributed by atoms with Gasteiger partial charge in [0, 0.05) is 5.56 Å². The Morgan fingerprint density at radius 3 is 3.00 bits per heavy atom. The zero-order chi connectivity index (χ0) is 10.1. The van der Waals surface area contributed by atoms with Gasteiger partial charge >= 0.3 is 0 Å². The first-order valence-corrected chi connectivity index (χ1v) is 5.84. The number of hydrogen-bond acceptors (Lipinski definition) is 2. The molecule has 2 aromatic rings. The molecule has 0 saturated carbocycles. The molecule has 0 N–H and O–H groups in total. The fourth-order valence-electron chi connectivity index (χ4n) is 1.82. The van der Waals surface area contributed by atoms with Crippen LogP contribution >= 0.6 is 12.0 Å². The van der Waals surface area contributed by atoms with Gasteiger partial charge in [-0.1, -0.05) is 42.5 Å². The standard InChI is InChI=1S/C13H10OS/c1-2-5-11-10(4-1)7-8-13-12(11)6-3-9-15-14-13/h1-8H,9H2. The van der Waals surface area contributed by atoms with Crippen molar-refractivity contribution in [3.05, 3.63) is 48.0 Å². The van der Waals surface area contributed by atoms with Gasteiger partial charge in [-0.25, -0.2) is 0 Å². The minimum atomic E-state index is 0.906. The summed E-state index contributed by atoms with van der Waals surface area (Å²) in [6, 6.07) is 12.5. The van der Waals surface area contributed by atoms with Crippen molar-refractivity contribution >= 4 is 28.9 Å². The van der Waals surface area contributed by atoms with Gasteiger partial charge in [-0.15, -0.1) is 0 Å². The maximum absolute atomic E-state index is 5.61. The Morgan fingerprint density at radius 1 is 1.07 bits per heavy atom. The lowest BCUT2D eigenvalue weighted by atomic mass is 10.0. The fraction of sp³-hybridized carbons (Fsp3) is 0.0769. The second-order valence-electron chi connectivity index (χ2n) is 3.47. The van der Waals surface area contributed by atoms with Crippen LogP contribution in [0, 0.1) is 0 Å². The van der Waals surface area contributed by atoms with Crippen LogP contribution in [0.15, 0.2) is 42.5 Å². The minimum absolute atomic E-state index is 0.906. The lowest BCUT2D eigenvalue weighted by Crippen LogP contribution is -1.85. The largest absolute Gasteiger partial charge is 0.425 e. The van der Waals surface area contributed by atoms with Gasteiger partial charge < -0.3 is 4.18 Å². The van der Waals surface area contributed by atoms with E-state index < -0.39 is 0 Å². The molecule has 0 spiro atoms. The van der Waals surface area contributed by atoms with Crippen molar-refractivity contribution in [2.24, 2.45) is 0 Å². The van der Waals surface area contributed by atoms with Crippen LogP contribution < -0.4 is 4.18 Å². The number of hydrogen-bond donors (Lipinski definition) is 0. The summed E-state index contributed by atoms with van der Waals surface area (Å²) in [4.78, 5) is 0. The quantitative estimate of drug-likeness (QED) is 0.615. The van der Waals surface area contributed by atoms with Crippen molar-refractivity contribution in [2.75, 3.05) is 5.75 Å². The van der Waals surface area contributed by atoms with Gasteiger partial charge in [-0.2, -0.15) is 0 Å². The molecule has 0 aliphatic carbocycles. The SMILES string of the molecule is C1=Cc2c(ccc3ccccc23)OSC1. The summed E-state index contributed by atoms with van der Waals surface area (Å²) in [5, 5.41) is 2.52. The Labute approximate surface area is 93.0 Å². The maximum Gasteiger partial charge on any atom is 0.145 e. The molecular formula is C13H10OS. The van der Waals surface area contributed by atoms with Gasteiger partial charge in [0.2, 0.25) is 0 Å². The topological polar surface area (TPSA) is 9.23 Å². The molecule has 3 rings (SSSR count). The predicted octanol–water partition coefficient (Wildman–Crippen LogP) is 3.89. The average molecular weight is 214 g/mol. The van der Waals surface area contributed by atoms with E-state index in [4.69, 9.17) is 4.18 Å². The average Bonchev–Trinajstić information content (AvgIpc) is 2.54. The summed E-state index contributed by atoms with van der Waals surface area (Å²) < 4.78 is 5.61. The molecule has 0 unspecified atom stereocenters. The van der Waals surface area contributed by atoms with Crippen LogP contribution in [0.2, 0.25) is 0 Å². The smallest absolute Gasteiger partial charge is 0.145 e. The van der Waals surface area contributed by atoms with E-state index in [0.29, 0.717) is 0 Å². The van der Waals surface area contributed by atoms with E-state index in [1.54, 1.807) is 0 Å². The third kappa shape index (κ3) is 1.51. The van der Waals surface area contributed by atoms with Crippen LogP contribution in [0.25, 0.3) is 16.8 Å². The molecule has 2 aromatic carbocycles. The highest BCUT2D eigenvalue weighted by molar-refractivity contribution is 7.95. The van der Waals surface area contributed by atoms with Gasteiger partial charge in [0.15, 0.2) is 0 Å². The lowest BCUT2D eigenvalue weighted by Gasteiger charge is -2.07. The first-order chi connectivity index (χ1) is 7.45. The first-order valence-electron chi connectivity index (χ1n) is 4.93. The number of rotatable bonds is 0. The molecule has 2 heteroatoms. The molecule has 1 aliphatic rings. The van der Waals surface area contributed by atoms with E-state index in [1.165, 1.54) is 28.4 Å². The molecule has 0 aromatic heterocycles. The molecule has 0 saturated heterocycles. The highest BCUT2D eigenvalue weighted by Crippen LogP contribution is 2.33. The third-order valence-corrected chi connectivity index (χ3v) is 3.15. The highest BCUT2D eigenvalue weighted by atomic mass is 32.2. The summed E-state index contributed by atoms with van der Waals surface area (Å²) in [5.41, 5.74) is 1.19. The minimum Gasteiger partial charge on any atom is -0.425 e. The van der Waals surface area contributed by atoms with E-state index in [9.17, 15) is 0 Å². The molecule has 0 radical (unpaired) electrons. The fourth-order valence-corrected chi connectivity index (χ4v) is 2.34. The van der Waals surface area contributed by atoms with E-state index in [-0.39, 0.29) is 0 Å². The predicted molar refractivity (Wildman–Crippen MR) is 66.1 cm³/mol. The van der Waals surface area contributed by atoms with E-state index in [0.717, 1.165) is 11.5 Å². The molecule has 0 fully saturated rings. The van der Waals surface area contributed by atoms with Gasteiger partial charge in [-0.3, -0.25) is 0 Å². The van der Waals surface area contributed by atoms with Gasteiger partial charge in [0.05, 0.1) is 17.8 Å². The third-order valence-electron chi connectivity index (χ3n) is 2.53. The maximum atomic E-state index is 5.61. The van der Waals surface area contributed by atoms with Crippen LogP contribution in [0.5, 0.6) is 5.75 Å². The summed E-state index contributed by atoms with van der Waals surface area (Å²) >= 11 is 1.48. The summed E-state index contributed by atoms with van der Waals surface area (Å²) in [6.07, 6.45) is 4.29. The molecule has 0 amide bonds. The Morgan fingerprint density at radius 2 is 2.00 bits per heavy atom. The van der Waals surface area contributed by atoms with Crippen LogP contribution in [0.1, 0.15) is 5.56 Å². The molecular weight excluding hydrogens is 204 g/mol. The number of fused-ring (bicyclic) bond motifs is 3. The summed E-state index contributed by atoms with van der Waals surface area (Å²) in [6.45, 7) is 0. The summed E-state index contributed by atoms with van der Waals surface area (Å²) in [7, 11) is 0. The Hall–Kier alpha value is -1.41. The van der Waals surface area contributed by atoms with Crippen molar-refractivity contribution in [3.8, 4) is 5.75 Å². The van der Waals surface area contributed by atoms with Gasteiger partial charge in [0.25, 0.3) is 0 Å². The van der Waals surface area contributed by atoms with E-state index >= 15 is 0 Å². The lowest BCUT2D eigenvalue weighted by molar-refractivity contribution is 0.649. The van der Waals surface area contributed by atoms with Crippen molar-refractivity contribution < 1.29 is 4.18 Å². The zero-order valence-corrected chi connectivity index (χ0v) is 8.96. The Bertz CT molecular complexity index is 531. The normalized spacial score (nSPS) is 14.4. The van der Waals surface area contributed by atoms with Crippen molar-refractivity contribution in [1.29, 1.82) is 0 Å². The van der Waals surface area contributed by atoms with Crippen LogP contribution in [-0.2, 0) is 0 Å². The molecule has 1 nitrogen and oxygen atoms in total. The zero-order valence-electron chi connectivity index (χ0n) is 8.14. The van der Waals surface area contributed by atoms with Crippen LogP contribution in [0.4, 0.5) is 0 Å². The molecule has 1 aliphatic heterocycles. The monoisotopic (exact) mass is 214 g/mol. The van der Waals surface area contributed by atoms with Crippen LogP contribution in [0.3, 0.4) is 0 Å². The first kappa shape index (κ1) is 8.86. The molecule has 74 valence electrons. The number of benzene rings is 2. The van der Waals surface area contributed by atoms with Crippen molar-refractivity contribution in [1.82, 2.24) is 0 Å². The molecule has 0 bridgehead atoms. The molecule has 15 heavy (non-hydrogen) atoms. The van der Waals surface area contributed by atoms with Crippen LogP contribution in [-0.4, -0.2) is 5.75 Å². The van der Waals surface area contributed by atoms with Crippen molar-refractivity contribution in [3.63, 3.8) is 0 Å². The van der Waals surface area contributed by atoms with E-state index in [1.807, 2.05) is 6.07 Å². The molecule has 0 atom stereocenters. The summed E-state index contributed by atoms with van der Waals surface area (Å²) in [5.74, 6) is 1.87. The van der Waals surface area contributed by atoms with Gasteiger partial charge in [-0.05, 0) is 16.8 Å². The second-order valence-corrected chi connectivity index (χ2v) is 4.20. The Kier molecular flexibility index (Phi) is 2.14. The Balaban J connectivity index is 2.35.